The van der Waals surface area contributed by atoms with Gasteiger partial charge in [0.1, 0.15) is 11.5 Å². The lowest BCUT2D eigenvalue weighted by Crippen LogP contribution is -2.21. The average molecular weight is 310 g/mol. The van der Waals surface area contributed by atoms with Gasteiger partial charge in [0.15, 0.2) is 0 Å². The van der Waals surface area contributed by atoms with E-state index in [0.29, 0.717) is 5.75 Å². The number of carbonyl (C=O) groups is 1. The van der Waals surface area contributed by atoms with E-state index in [9.17, 15) is 9.90 Å². The van der Waals surface area contributed by atoms with Gasteiger partial charge in [-0.15, -0.1) is 0 Å². The van der Waals surface area contributed by atoms with E-state index in [2.05, 4.69) is 0 Å². The van der Waals surface area contributed by atoms with Crippen LogP contribution in [0, 0.1) is 0 Å². The lowest BCUT2D eigenvalue weighted by molar-refractivity contribution is -0.129. The SMILES string of the molecule is CC(C)=CC(=O)Oc1ccccc1C(C)(C)c1ccccc1O. The summed E-state index contributed by atoms with van der Waals surface area (Å²) >= 11 is 0. The molecule has 3 nitrogen and oxygen atoms in total. The smallest absolute Gasteiger partial charge is 0.336 e. The van der Waals surface area contributed by atoms with Crippen LogP contribution in [0.1, 0.15) is 38.8 Å². The number of phenols is 1. The molecule has 0 amide bonds. The Balaban J connectivity index is 2.46. The number of phenolic OH excluding ortho intramolecular Hbond substituents is 1. The highest BCUT2D eigenvalue weighted by Gasteiger charge is 2.29. The first-order valence-corrected chi connectivity index (χ1v) is 7.57. The van der Waals surface area contributed by atoms with Gasteiger partial charge in [0, 0.05) is 22.6 Å². The van der Waals surface area contributed by atoms with Crippen molar-refractivity contribution in [1.29, 1.82) is 0 Å². The number of benzene rings is 2. The Hall–Kier alpha value is -2.55. The minimum atomic E-state index is -0.507. The Bertz CT molecular complexity index is 738. The van der Waals surface area contributed by atoms with Crippen LogP contribution in [-0.2, 0) is 10.2 Å². The number of allylic oxidation sites excluding steroid dienone is 1. The molecule has 23 heavy (non-hydrogen) atoms. The third-order valence-electron chi connectivity index (χ3n) is 3.75. The number of carbonyl (C=O) groups excluding carboxylic acids is 1. The molecule has 0 saturated heterocycles. The summed E-state index contributed by atoms with van der Waals surface area (Å²) in [5.41, 5.74) is 2.00. The van der Waals surface area contributed by atoms with E-state index in [-0.39, 0.29) is 5.75 Å². The Morgan fingerprint density at radius 1 is 1.00 bits per heavy atom. The monoisotopic (exact) mass is 310 g/mol. The second-order valence-corrected chi connectivity index (χ2v) is 6.28. The molecule has 0 heterocycles. The van der Waals surface area contributed by atoms with Crippen molar-refractivity contribution in [3.63, 3.8) is 0 Å². The largest absolute Gasteiger partial charge is 0.508 e. The van der Waals surface area contributed by atoms with Crippen LogP contribution in [0.2, 0.25) is 0 Å². The van der Waals surface area contributed by atoms with Crippen molar-refractivity contribution >= 4 is 5.97 Å². The van der Waals surface area contributed by atoms with E-state index in [1.807, 2.05) is 58.0 Å². The first-order valence-electron chi connectivity index (χ1n) is 7.57. The van der Waals surface area contributed by atoms with Crippen molar-refractivity contribution in [2.75, 3.05) is 0 Å². The molecule has 0 bridgehead atoms. The molecule has 0 radical (unpaired) electrons. The van der Waals surface area contributed by atoms with Crippen molar-refractivity contribution in [3.05, 3.63) is 71.3 Å². The van der Waals surface area contributed by atoms with Crippen LogP contribution in [-0.4, -0.2) is 11.1 Å². The van der Waals surface area contributed by atoms with Crippen molar-refractivity contribution in [3.8, 4) is 11.5 Å². The topological polar surface area (TPSA) is 46.5 Å². The van der Waals surface area contributed by atoms with E-state index >= 15 is 0 Å². The van der Waals surface area contributed by atoms with Crippen molar-refractivity contribution < 1.29 is 14.6 Å². The van der Waals surface area contributed by atoms with Crippen molar-refractivity contribution in [2.24, 2.45) is 0 Å². The van der Waals surface area contributed by atoms with E-state index in [0.717, 1.165) is 16.7 Å². The quantitative estimate of drug-likeness (QED) is 0.510. The molecule has 1 N–H and O–H groups in total. The molecular weight excluding hydrogens is 288 g/mol. The first kappa shape index (κ1) is 16.8. The van der Waals surface area contributed by atoms with Crippen LogP contribution in [0.4, 0.5) is 0 Å². The second-order valence-electron chi connectivity index (χ2n) is 6.28. The summed E-state index contributed by atoms with van der Waals surface area (Å²) in [4.78, 5) is 12.0. The minimum absolute atomic E-state index is 0.225. The van der Waals surface area contributed by atoms with Gasteiger partial charge in [-0.25, -0.2) is 4.79 Å². The van der Waals surface area contributed by atoms with Gasteiger partial charge in [-0.2, -0.15) is 0 Å². The maximum absolute atomic E-state index is 12.0. The third kappa shape index (κ3) is 3.81. The predicted octanol–water partition coefficient (Wildman–Crippen LogP) is 4.59. The summed E-state index contributed by atoms with van der Waals surface area (Å²) in [7, 11) is 0. The van der Waals surface area contributed by atoms with Crippen LogP contribution in [0.15, 0.2) is 60.2 Å². The number of hydrogen-bond acceptors (Lipinski definition) is 3. The van der Waals surface area contributed by atoms with Crippen molar-refractivity contribution in [1.82, 2.24) is 0 Å². The van der Waals surface area contributed by atoms with Gasteiger partial charge >= 0.3 is 5.97 Å². The van der Waals surface area contributed by atoms with Gasteiger partial charge in [-0.05, 0) is 26.0 Å². The summed E-state index contributed by atoms with van der Waals surface area (Å²) < 4.78 is 5.51. The molecule has 0 aromatic heterocycles. The molecule has 2 aromatic carbocycles. The maximum Gasteiger partial charge on any atom is 0.336 e. The number of ether oxygens (including phenoxy) is 1. The van der Waals surface area contributed by atoms with Crippen LogP contribution in [0.5, 0.6) is 11.5 Å². The number of para-hydroxylation sites is 2. The average Bonchev–Trinajstić information content (AvgIpc) is 2.47. The summed E-state index contributed by atoms with van der Waals surface area (Å²) in [6.45, 7) is 7.68. The van der Waals surface area contributed by atoms with Gasteiger partial charge in [0.05, 0.1) is 0 Å². The standard InChI is InChI=1S/C20H22O3/c1-14(2)13-19(22)23-18-12-8-6-10-16(18)20(3,4)15-9-5-7-11-17(15)21/h5-13,21H,1-4H3. The highest BCUT2D eigenvalue weighted by Crippen LogP contribution is 2.40. The second kappa shape index (κ2) is 6.69. The molecule has 0 saturated carbocycles. The molecule has 0 atom stereocenters. The zero-order valence-electron chi connectivity index (χ0n) is 14.0. The van der Waals surface area contributed by atoms with Crippen molar-refractivity contribution in [2.45, 2.75) is 33.1 Å². The molecule has 2 aromatic rings. The third-order valence-corrected chi connectivity index (χ3v) is 3.75. The van der Waals surface area contributed by atoms with Crippen LogP contribution >= 0.6 is 0 Å². The van der Waals surface area contributed by atoms with E-state index < -0.39 is 11.4 Å². The molecular formula is C20H22O3. The van der Waals surface area contributed by atoms with Gasteiger partial charge in [-0.1, -0.05) is 55.8 Å². The van der Waals surface area contributed by atoms with E-state index in [1.54, 1.807) is 18.2 Å². The maximum atomic E-state index is 12.0. The van der Waals surface area contributed by atoms with Crippen LogP contribution in [0.3, 0.4) is 0 Å². The Morgan fingerprint density at radius 3 is 2.17 bits per heavy atom. The predicted molar refractivity (Wildman–Crippen MR) is 91.7 cm³/mol. The molecule has 0 aliphatic carbocycles. The zero-order chi connectivity index (χ0) is 17.0. The first-order chi connectivity index (χ1) is 10.8. The van der Waals surface area contributed by atoms with E-state index in [1.165, 1.54) is 6.08 Å². The van der Waals surface area contributed by atoms with Gasteiger partial charge in [-0.3, -0.25) is 0 Å². The molecule has 0 aliphatic heterocycles. The van der Waals surface area contributed by atoms with Crippen LogP contribution < -0.4 is 4.74 Å². The van der Waals surface area contributed by atoms with E-state index in [4.69, 9.17) is 4.74 Å². The summed E-state index contributed by atoms with van der Waals surface area (Å²) in [6, 6.07) is 14.6. The summed E-state index contributed by atoms with van der Waals surface area (Å²) in [5, 5.41) is 10.2. The molecule has 2 rings (SSSR count). The fraction of sp³-hybridized carbons (Fsp3) is 0.250. The number of hydrogen-bond donors (Lipinski definition) is 1. The summed E-state index contributed by atoms with van der Waals surface area (Å²) in [5.74, 6) is 0.330. The van der Waals surface area contributed by atoms with Crippen LogP contribution in [0.25, 0.3) is 0 Å². The Morgan fingerprint density at radius 2 is 1.57 bits per heavy atom. The number of aromatic hydroxyl groups is 1. The zero-order valence-corrected chi connectivity index (χ0v) is 14.0. The molecule has 0 unspecified atom stereocenters. The van der Waals surface area contributed by atoms with Gasteiger partial charge < -0.3 is 9.84 Å². The van der Waals surface area contributed by atoms with Gasteiger partial charge in [0.2, 0.25) is 0 Å². The lowest BCUT2D eigenvalue weighted by atomic mass is 9.77. The summed E-state index contributed by atoms with van der Waals surface area (Å²) in [6.07, 6.45) is 1.46. The number of esters is 1. The molecule has 0 spiro atoms. The minimum Gasteiger partial charge on any atom is -0.508 e. The number of rotatable bonds is 4. The lowest BCUT2D eigenvalue weighted by Gasteiger charge is -2.28. The fourth-order valence-corrected chi connectivity index (χ4v) is 2.59. The molecule has 3 heteroatoms. The molecule has 120 valence electrons. The Labute approximate surface area is 137 Å². The normalized spacial score (nSPS) is 11.0. The Kier molecular flexibility index (Phi) is 4.89. The highest BCUT2D eigenvalue weighted by atomic mass is 16.5. The molecule has 0 aliphatic rings. The fourth-order valence-electron chi connectivity index (χ4n) is 2.59. The van der Waals surface area contributed by atoms with Gasteiger partial charge in [0.25, 0.3) is 0 Å². The molecule has 0 fully saturated rings. The highest BCUT2D eigenvalue weighted by molar-refractivity contribution is 5.85.